The second kappa shape index (κ2) is 3.65. The van der Waals surface area contributed by atoms with Crippen molar-refractivity contribution in [2.24, 2.45) is 0 Å². The Morgan fingerprint density at radius 3 is 2.76 bits per heavy atom. The Kier molecular flexibility index (Phi) is 2.45. The summed E-state index contributed by atoms with van der Waals surface area (Å²) in [4.78, 5) is 13.3. The van der Waals surface area contributed by atoms with Crippen molar-refractivity contribution in [2.75, 3.05) is 26.8 Å². The van der Waals surface area contributed by atoms with E-state index in [-0.39, 0.29) is 17.6 Å². The molecule has 3 aliphatic rings. The second-order valence-corrected chi connectivity index (χ2v) is 5.51. The molecule has 2 heterocycles. The normalized spacial score (nSPS) is 33.3. The van der Waals surface area contributed by atoms with E-state index in [0.29, 0.717) is 32.5 Å². The van der Waals surface area contributed by atoms with Crippen LogP contribution in [-0.4, -0.2) is 55.0 Å². The van der Waals surface area contributed by atoms with Crippen LogP contribution < -0.4 is 0 Å². The Bertz CT molecular complexity index is 337. The summed E-state index contributed by atoms with van der Waals surface area (Å²) in [6.45, 7) is 1.72. The van der Waals surface area contributed by atoms with Gasteiger partial charge in [0.1, 0.15) is 5.60 Å². The highest BCUT2D eigenvalue weighted by molar-refractivity contribution is 5.88. The van der Waals surface area contributed by atoms with Crippen molar-refractivity contribution in [3.05, 3.63) is 0 Å². The maximum Gasteiger partial charge on any atom is 0.260 e. The van der Waals surface area contributed by atoms with Crippen LogP contribution in [0.15, 0.2) is 0 Å². The smallest absolute Gasteiger partial charge is 0.260 e. The van der Waals surface area contributed by atoms with Gasteiger partial charge in [0, 0.05) is 20.1 Å². The molecule has 0 N–H and O–H groups in total. The van der Waals surface area contributed by atoms with Crippen molar-refractivity contribution in [1.29, 1.82) is 0 Å². The molecule has 3 fully saturated rings. The molecule has 2 saturated heterocycles. The zero-order chi connectivity index (χ0) is 12.1. The molecule has 0 aromatic rings. The third kappa shape index (κ3) is 1.85. The van der Waals surface area contributed by atoms with E-state index in [1.54, 1.807) is 12.0 Å². The van der Waals surface area contributed by atoms with E-state index in [2.05, 4.69) is 0 Å². The van der Waals surface area contributed by atoms with Gasteiger partial charge in [0.15, 0.2) is 5.67 Å². The number of nitrogens with zero attached hydrogens (tertiary/aromatic N) is 1. The van der Waals surface area contributed by atoms with Crippen molar-refractivity contribution < 1.29 is 18.7 Å². The van der Waals surface area contributed by atoms with Gasteiger partial charge in [-0.1, -0.05) is 0 Å². The molecular weight excluding hydrogens is 225 g/mol. The zero-order valence-corrected chi connectivity index (χ0v) is 10.1. The van der Waals surface area contributed by atoms with E-state index in [0.717, 1.165) is 12.8 Å². The van der Waals surface area contributed by atoms with Gasteiger partial charge >= 0.3 is 0 Å². The number of amides is 1. The summed E-state index contributed by atoms with van der Waals surface area (Å²) in [5.41, 5.74) is -1.81. The standard InChI is InChI=1S/C12H18FNO3/c1-16-9-2-5-17-11(6-9)7-14(8-11)10(15)12(13)3-4-12/h9H,2-8H2,1H3/t9-/m1/s1. The van der Waals surface area contributed by atoms with Crippen molar-refractivity contribution in [3.8, 4) is 0 Å². The molecule has 3 rings (SSSR count). The van der Waals surface area contributed by atoms with Crippen LogP contribution in [-0.2, 0) is 14.3 Å². The lowest BCUT2D eigenvalue weighted by Crippen LogP contribution is -2.68. The van der Waals surface area contributed by atoms with Crippen LogP contribution in [0.2, 0.25) is 0 Å². The summed E-state index contributed by atoms with van der Waals surface area (Å²) in [5.74, 6) is -0.341. The van der Waals surface area contributed by atoms with E-state index in [1.807, 2.05) is 0 Å². The molecule has 1 aliphatic carbocycles. The minimum absolute atomic E-state index is 0.210. The largest absolute Gasteiger partial charge is 0.381 e. The maximum absolute atomic E-state index is 13.6. The first kappa shape index (κ1) is 11.4. The molecule has 4 nitrogen and oxygen atoms in total. The molecular formula is C12H18FNO3. The maximum atomic E-state index is 13.6. The summed E-state index contributed by atoms with van der Waals surface area (Å²) >= 11 is 0. The SMILES string of the molecule is CO[C@@H]1CCOC2(C1)CN(C(=O)C1(F)CC1)C2. The number of hydrogen-bond donors (Lipinski definition) is 0. The average Bonchev–Trinajstić information content (AvgIpc) is 3.04. The number of carbonyl (C=O) groups is 1. The predicted octanol–water partition coefficient (Wildman–Crippen LogP) is 0.895. The fourth-order valence-electron chi connectivity index (χ4n) is 2.80. The van der Waals surface area contributed by atoms with Crippen molar-refractivity contribution in [2.45, 2.75) is 43.1 Å². The van der Waals surface area contributed by atoms with E-state index >= 15 is 0 Å². The molecule has 17 heavy (non-hydrogen) atoms. The second-order valence-electron chi connectivity index (χ2n) is 5.51. The lowest BCUT2D eigenvalue weighted by molar-refractivity contribution is -0.201. The van der Waals surface area contributed by atoms with E-state index < -0.39 is 5.67 Å². The topological polar surface area (TPSA) is 38.8 Å². The van der Waals surface area contributed by atoms with Gasteiger partial charge in [0.2, 0.25) is 0 Å². The third-order valence-electron chi connectivity index (χ3n) is 4.10. The fourth-order valence-corrected chi connectivity index (χ4v) is 2.80. The molecule has 0 radical (unpaired) electrons. The van der Waals surface area contributed by atoms with Gasteiger partial charge in [0.05, 0.1) is 19.2 Å². The van der Waals surface area contributed by atoms with Gasteiger partial charge in [-0.25, -0.2) is 4.39 Å². The highest BCUT2D eigenvalue weighted by Crippen LogP contribution is 2.44. The summed E-state index contributed by atoms with van der Waals surface area (Å²) in [7, 11) is 1.70. The van der Waals surface area contributed by atoms with Gasteiger partial charge in [-0.05, 0) is 19.3 Å². The monoisotopic (exact) mass is 243 g/mol. The first-order valence-corrected chi connectivity index (χ1v) is 6.22. The number of halogens is 1. The van der Waals surface area contributed by atoms with E-state index in [1.165, 1.54) is 0 Å². The van der Waals surface area contributed by atoms with Crippen molar-refractivity contribution in [3.63, 3.8) is 0 Å². The van der Waals surface area contributed by atoms with Gasteiger partial charge in [-0.2, -0.15) is 0 Å². The van der Waals surface area contributed by atoms with Crippen LogP contribution in [0.5, 0.6) is 0 Å². The van der Waals surface area contributed by atoms with Gasteiger partial charge < -0.3 is 14.4 Å². The summed E-state index contributed by atoms with van der Waals surface area (Å²) in [5, 5.41) is 0. The summed E-state index contributed by atoms with van der Waals surface area (Å²) in [6, 6.07) is 0. The average molecular weight is 243 g/mol. The molecule has 1 amide bonds. The Morgan fingerprint density at radius 1 is 1.47 bits per heavy atom. The Balaban J connectivity index is 1.58. The van der Waals surface area contributed by atoms with Crippen LogP contribution in [0.1, 0.15) is 25.7 Å². The number of likely N-dealkylation sites (tertiary alicyclic amines) is 1. The Labute approximate surface area is 100 Å². The summed E-state index contributed by atoms with van der Waals surface area (Å²) in [6.07, 6.45) is 2.70. The first-order chi connectivity index (χ1) is 8.07. The quantitative estimate of drug-likeness (QED) is 0.723. The molecule has 0 unspecified atom stereocenters. The molecule has 0 bridgehead atoms. The number of rotatable bonds is 2. The lowest BCUT2D eigenvalue weighted by Gasteiger charge is -2.53. The number of methoxy groups -OCH3 is 1. The van der Waals surface area contributed by atoms with E-state index in [4.69, 9.17) is 9.47 Å². The molecule has 96 valence electrons. The minimum atomic E-state index is -1.54. The van der Waals surface area contributed by atoms with Gasteiger partial charge in [0.25, 0.3) is 5.91 Å². The predicted molar refractivity (Wildman–Crippen MR) is 58.4 cm³/mol. The number of hydrogen-bond acceptors (Lipinski definition) is 3. The molecule has 2 aliphatic heterocycles. The Morgan fingerprint density at radius 2 is 2.18 bits per heavy atom. The molecule has 0 aromatic heterocycles. The van der Waals surface area contributed by atoms with E-state index in [9.17, 15) is 9.18 Å². The highest BCUT2D eigenvalue weighted by Gasteiger charge is 2.58. The van der Waals surface area contributed by atoms with Crippen LogP contribution >= 0.6 is 0 Å². The molecule has 0 aromatic carbocycles. The summed E-state index contributed by atoms with van der Waals surface area (Å²) < 4.78 is 24.7. The number of carbonyl (C=O) groups excluding carboxylic acids is 1. The van der Waals surface area contributed by atoms with Gasteiger partial charge in [-0.3, -0.25) is 4.79 Å². The van der Waals surface area contributed by atoms with Crippen LogP contribution in [0.25, 0.3) is 0 Å². The molecule has 1 spiro atoms. The molecule has 1 atom stereocenters. The van der Waals surface area contributed by atoms with Crippen LogP contribution in [0, 0.1) is 0 Å². The number of ether oxygens (including phenoxy) is 2. The minimum Gasteiger partial charge on any atom is -0.381 e. The lowest BCUT2D eigenvalue weighted by atomic mass is 9.84. The van der Waals surface area contributed by atoms with Crippen molar-refractivity contribution in [1.82, 2.24) is 4.90 Å². The fraction of sp³-hybridized carbons (Fsp3) is 0.917. The third-order valence-corrected chi connectivity index (χ3v) is 4.10. The highest BCUT2D eigenvalue weighted by atomic mass is 19.1. The van der Waals surface area contributed by atoms with Crippen molar-refractivity contribution >= 4 is 5.91 Å². The Hall–Kier alpha value is -0.680. The van der Waals surface area contributed by atoms with Gasteiger partial charge in [-0.15, -0.1) is 0 Å². The molecule has 5 heteroatoms. The first-order valence-electron chi connectivity index (χ1n) is 6.22. The van der Waals surface area contributed by atoms with Crippen LogP contribution in [0.4, 0.5) is 4.39 Å². The molecule has 1 saturated carbocycles. The zero-order valence-electron chi connectivity index (χ0n) is 10.1. The van der Waals surface area contributed by atoms with Crippen LogP contribution in [0.3, 0.4) is 0 Å². The number of alkyl halides is 1.